The number of anilines is 1. The van der Waals surface area contributed by atoms with Crippen LogP contribution >= 0.6 is 11.6 Å². The lowest BCUT2D eigenvalue weighted by atomic mass is 10.1. The summed E-state index contributed by atoms with van der Waals surface area (Å²) in [5.41, 5.74) is 1.25. The van der Waals surface area contributed by atoms with Crippen LogP contribution in [-0.4, -0.2) is 20.4 Å². The molecule has 0 aliphatic heterocycles. The fourth-order valence-corrected chi connectivity index (χ4v) is 4.49. The number of nitrogens with one attached hydrogen (secondary N) is 2. The van der Waals surface area contributed by atoms with Crippen LogP contribution in [0.5, 0.6) is 0 Å². The summed E-state index contributed by atoms with van der Waals surface area (Å²) in [6.07, 6.45) is 1.31. The molecule has 31 heavy (non-hydrogen) atoms. The van der Waals surface area contributed by atoms with Gasteiger partial charge in [0.05, 0.1) is 10.6 Å². The smallest absolute Gasteiger partial charge is 0.255 e. The Labute approximate surface area is 186 Å². The molecule has 0 bridgehead atoms. The van der Waals surface area contributed by atoms with Gasteiger partial charge in [0.1, 0.15) is 5.82 Å². The SMILES string of the molecule is C[C@H](CCc1ccccc1)NS(=O)(=O)c1ccc(NC(=O)c2cccc(Cl)c2)c(F)c1. The van der Waals surface area contributed by atoms with E-state index in [4.69, 9.17) is 11.6 Å². The molecular weight excluding hydrogens is 439 g/mol. The Morgan fingerprint density at radius 1 is 1.03 bits per heavy atom. The predicted octanol–water partition coefficient (Wildman–Crippen LogP) is 5.03. The first-order valence-electron chi connectivity index (χ1n) is 9.67. The molecule has 162 valence electrons. The molecule has 0 fully saturated rings. The Morgan fingerprint density at radius 2 is 1.77 bits per heavy atom. The van der Waals surface area contributed by atoms with Gasteiger partial charge in [-0.3, -0.25) is 4.79 Å². The summed E-state index contributed by atoms with van der Waals surface area (Å²) in [5, 5.41) is 2.80. The quantitative estimate of drug-likeness (QED) is 0.495. The molecule has 8 heteroatoms. The number of hydrogen-bond acceptors (Lipinski definition) is 3. The molecule has 0 aromatic heterocycles. The first-order chi connectivity index (χ1) is 14.7. The van der Waals surface area contributed by atoms with Crippen LogP contribution in [0.1, 0.15) is 29.3 Å². The van der Waals surface area contributed by atoms with E-state index in [1.165, 1.54) is 18.2 Å². The molecular formula is C23H22ClFN2O3S. The fourth-order valence-electron chi connectivity index (χ4n) is 3.01. The molecule has 0 radical (unpaired) electrons. The molecule has 3 aromatic carbocycles. The van der Waals surface area contributed by atoms with Gasteiger partial charge in [0, 0.05) is 16.6 Å². The highest BCUT2D eigenvalue weighted by Gasteiger charge is 2.20. The molecule has 0 saturated heterocycles. The lowest BCUT2D eigenvalue weighted by Gasteiger charge is -2.15. The highest BCUT2D eigenvalue weighted by atomic mass is 35.5. The zero-order valence-corrected chi connectivity index (χ0v) is 18.4. The van der Waals surface area contributed by atoms with Gasteiger partial charge >= 0.3 is 0 Å². The second kappa shape index (κ2) is 10.0. The first-order valence-corrected chi connectivity index (χ1v) is 11.5. The first kappa shape index (κ1) is 22.9. The van der Waals surface area contributed by atoms with Crippen LogP contribution in [-0.2, 0) is 16.4 Å². The molecule has 3 rings (SSSR count). The van der Waals surface area contributed by atoms with Crippen molar-refractivity contribution in [1.82, 2.24) is 4.72 Å². The summed E-state index contributed by atoms with van der Waals surface area (Å²) >= 11 is 5.87. The fraction of sp³-hybridized carbons (Fsp3) is 0.174. The van der Waals surface area contributed by atoms with E-state index in [2.05, 4.69) is 10.0 Å². The number of carbonyl (C=O) groups is 1. The van der Waals surface area contributed by atoms with E-state index in [-0.39, 0.29) is 22.2 Å². The van der Waals surface area contributed by atoms with E-state index in [1.54, 1.807) is 25.1 Å². The van der Waals surface area contributed by atoms with Gasteiger partial charge in [0.2, 0.25) is 10.0 Å². The van der Waals surface area contributed by atoms with Crippen molar-refractivity contribution < 1.29 is 17.6 Å². The summed E-state index contributed by atoms with van der Waals surface area (Å²) < 4.78 is 42.3. The molecule has 0 spiro atoms. The van der Waals surface area contributed by atoms with E-state index in [0.717, 1.165) is 11.6 Å². The minimum absolute atomic E-state index is 0.124. The second-order valence-electron chi connectivity index (χ2n) is 7.15. The summed E-state index contributed by atoms with van der Waals surface area (Å²) in [4.78, 5) is 12.1. The molecule has 0 unspecified atom stereocenters. The van der Waals surface area contributed by atoms with Crippen molar-refractivity contribution in [2.45, 2.75) is 30.7 Å². The van der Waals surface area contributed by atoms with Crippen molar-refractivity contribution in [3.63, 3.8) is 0 Å². The molecule has 2 N–H and O–H groups in total. The molecule has 0 saturated carbocycles. The number of halogens is 2. The Kier molecular flexibility index (Phi) is 7.43. The zero-order valence-electron chi connectivity index (χ0n) is 16.8. The Balaban J connectivity index is 1.65. The predicted molar refractivity (Wildman–Crippen MR) is 120 cm³/mol. The average molecular weight is 461 g/mol. The van der Waals surface area contributed by atoms with E-state index in [1.807, 2.05) is 30.3 Å². The highest BCUT2D eigenvalue weighted by molar-refractivity contribution is 7.89. The monoisotopic (exact) mass is 460 g/mol. The van der Waals surface area contributed by atoms with Gasteiger partial charge in [0.15, 0.2) is 0 Å². The van der Waals surface area contributed by atoms with Crippen LogP contribution in [0, 0.1) is 5.82 Å². The van der Waals surface area contributed by atoms with Crippen molar-refractivity contribution in [1.29, 1.82) is 0 Å². The number of carbonyl (C=O) groups excluding carboxylic acids is 1. The maximum atomic E-state index is 14.5. The van der Waals surface area contributed by atoms with Gasteiger partial charge < -0.3 is 5.32 Å². The van der Waals surface area contributed by atoms with Crippen LogP contribution < -0.4 is 10.0 Å². The van der Waals surface area contributed by atoms with E-state index in [0.29, 0.717) is 17.9 Å². The molecule has 0 aliphatic rings. The highest BCUT2D eigenvalue weighted by Crippen LogP contribution is 2.21. The van der Waals surface area contributed by atoms with Crippen molar-refractivity contribution in [2.75, 3.05) is 5.32 Å². The zero-order chi connectivity index (χ0) is 22.4. The molecule has 0 aliphatic carbocycles. The number of hydrogen-bond donors (Lipinski definition) is 2. The Bertz CT molecular complexity index is 1170. The summed E-state index contributed by atoms with van der Waals surface area (Å²) in [7, 11) is -3.91. The largest absolute Gasteiger partial charge is 0.319 e. The molecule has 5 nitrogen and oxygen atoms in total. The van der Waals surface area contributed by atoms with Crippen LogP contribution in [0.15, 0.2) is 77.7 Å². The minimum Gasteiger partial charge on any atom is -0.319 e. The summed E-state index contributed by atoms with van der Waals surface area (Å²) in [6.45, 7) is 1.76. The average Bonchev–Trinajstić information content (AvgIpc) is 2.74. The van der Waals surface area contributed by atoms with Crippen molar-refractivity contribution in [3.8, 4) is 0 Å². The van der Waals surface area contributed by atoms with E-state index >= 15 is 0 Å². The standard InChI is InChI=1S/C23H22ClFN2O3S/c1-16(10-11-17-6-3-2-4-7-17)27-31(29,30)20-12-13-22(21(25)15-20)26-23(28)18-8-5-9-19(24)14-18/h2-9,12-16,27H,10-11H2,1H3,(H,26,28)/t16-/m1/s1. The third-order valence-electron chi connectivity index (χ3n) is 4.65. The number of rotatable bonds is 8. The van der Waals surface area contributed by atoms with Gasteiger partial charge in [-0.2, -0.15) is 0 Å². The van der Waals surface area contributed by atoms with E-state index < -0.39 is 21.7 Å². The topological polar surface area (TPSA) is 75.3 Å². The Hall–Kier alpha value is -2.74. The lowest BCUT2D eigenvalue weighted by Crippen LogP contribution is -2.33. The maximum absolute atomic E-state index is 14.5. The molecule has 1 atom stereocenters. The van der Waals surface area contributed by atoms with Crippen LogP contribution in [0.2, 0.25) is 5.02 Å². The van der Waals surface area contributed by atoms with Gasteiger partial charge in [0.25, 0.3) is 5.91 Å². The third-order valence-corrected chi connectivity index (χ3v) is 6.47. The number of aryl methyl sites for hydroxylation is 1. The Morgan fingerprint density at radius 3 is 2.45 bits per heavy atom. The number of amides is 1. The molecule has 3 aromatic rings. The summed E-state index contributed by atoms with van der Waals surface area (Å²) in [5.74, 6) is -1.40. The number of sulfonamides is 1. The van der Waals surface area contributed by atoms with Crippen molar-refractivity contribution in [3.05, 3.63) is 94.8 Å². The van der Waals surface area contributed by atoms with E-state index in [9.17, 15) is 17.6 Å². The van der Waals surface area contributed by atoms with Gasteiger partial charge in [-0.15, -0.1) is 0 Å². The van der Waals surface area contributed by atoms with Gasteiger partial charge in [-0.25, -0.2) is 17.5 Å². The van der Waals surface area contributed by atoms with Crippen molar-refractivity contribution >= 4 is 33.2 Å². The normalized spacial score (nSPS) is 12.4. The second-order valence-corrected chi connectivity index (χ2v) is 9.30. The van der Waals surface area contributed by atoms with Crippen LogP contribution in [0.3, 0.4) is 0 Å². The minimum atomic E-state index is -3.91. The molecule has 0 heterocycles. The van der Waals surface area contributed by atoms with Crippen LogP contribution in [0.4, 0.5) is 10.1 Å². The van der Waals surface area contributed by atoms with Crippen molar-refractivity contribution in [2.24, 2.45) is 0 Å². The molecule has 1 amide bonds. The van der Waals surface area contributed by atoms with Crippen LogP contribution in [0.25, 0.3) is 0 Å². The number of benzene rings is 3. The lowest BCUT2D eigenvalue weighted by molar-refractivity contribution is 0.102. The van der Waals surface area contributed by atoms with Gasteiger partial charge in [-0.1, -0.05) is 48.0 Å². The maximum Gasteiger partial charge on any atom is 0.255 e. The third kappa shape index (κ3) is 6.37. The summed E-state index contributed by atoms with van der Waals surface area (Å²) in [6, 6.07) is 19.0. The van der Waals surface area contributed by atoms with Gasteiger partial charge in [-0.05, 0) is 61.7 Å².